The van der Waals surface area contributed by atoms with E-state index in [-0.39, 0.29) is 35.2 Å². The third kappa shape index (κ3) is 7.27. The highest BCUT2D eigenvalue weighted by Gasteiger charge is 2.29. The topological polar surface area (TPSA) is 77.5 Å². The highest BCUT2D eigenvalue weighted by Crippen LogP contribution is 2.30. The second kappa shape index (κ2) is 10.3. The van der Waals surface area contributed by atoms with E-state index in [0.29, 0.717) is 5.69 Å². The van der Waals surface area contributed by atoms with Crippen molar-refractivity contribution in [3.05, 3.63) is 53.3 Å². The van der Waals surface area contributed by atoms with Crippen LogP contribution in [0.25, 0.3) is 0 Å². The van der Waals surface area contributed by atoms with Gasteiger partial charge in [0, 0.05) is 29.8 Å². The van der Waals surface area contributed by atoms with E-state index in [1.54, 1.807) is 25.3 Å². The summed E-state index contributed by atoms with van der Waals surface area (Å²) in [6.07, 6.45) is -2.70. The van der Waals surface area contributed by atoms with E-state index in [1.807, 2.05) is 13.8 Å². The number of halogens is 3. The molecule has 2 aromatic rings. The number of methoxy groups -OCH3 is 1. The third-order valence-electron chi connectivity index (χ3n) is 4.50. The molecule has 0 aliphatic carbocycles. The summed E-state index contributed by atoms with van der Waals surface area (Å²) in [5, 5.41) is 2.81. The Balaban J connectivity index is 2.10. The van der Waals surface area contributed by atoms with Crippen molar-refractivity contribution < 1.29 is 32.2 Å². The number of hydrogen-bond acceptors (Lipinski definition) is 5. The molecule has 1 unspecified atom stereocenters. The molecule has 0 spiro atoms. The maximum atomic E-state index is 12.6. The number of nitrogens with zero attached hydrogens (tertiary/aromatic N) is 1. The van der Waals surface area contributed by atoms with Crippen LogP contribution >= 0.6 is 0 Å². The molecule has 0 bridgehead atoms. The lowest BCUT2D eigenvalue weighted by atomic mass is 10.0. The number of amides is 1. The summed E-state index contributed by atoms with van der Waals surface area (Å²) in [4.78, 5) is 28.8. The molecule has 1 heterocycles. The molecule has 1 aromatic heterocycles. The lowest BCUT2D eigenvalue weighted by Gasteiger charge is -2.17. The average Bonchev–Trinajstić information content (AvgIpc) is 2.71. The molecular weight excluding hydrogens is 413 g/mol. The minimum Gasteiger partial charge on any atom is -0.493 e. The van der Waals surface area contributed by atoms with E-state index in [4.69, 9.17) is 9.47 Å². The smallest absolute Gasteiger partial charge is 0.422 e. The van der Waals surface area contributed by atoms with Crippen molar-refractivity contribution in [3.63, 3.8) is 0 Å². The number of alkyl halides is 3. The second-order valence-electron chi connectivity index (χ2n) is 7.34. The quantitative estimate of drug-likeness (QED) is 0.632. The number of nitrogens with one attached hydrogen (secondary N) is 1. The molecule has 1 amide bonds. The SMILES string of the molecule is COc1cc(C(=O)NC(C)c2ccnc(CC(=O)C(C)C)c2)ccc1OCC(F)(F)F. The third-order valence-corrected chi connectivity index (χ3v) is 4.50. The fraction of sp³-hybridized carbons (Fsp3) is 0.409. The van der Waals surface area contributed by atoms with Crippen LogP contribution in [0.5, 0.6) is 11.5 Å². The zero-order valence-corrected chi connectivity index (χ0v) is 17.7. The molecule has 0 aliphatic rings. The van der Waals surface area contributed by atoms with Gasteiger partial charge in [-0.15, -0.1) is 0 Å². The zero-order valence-electron chi connectivity index (χ0n) is 17.7. The van der Waals surface area contributed by atoms with Gasteiger partial charge in [0.05, 0.1) is 13.2 Å². The Labute approximate surface area is 178 Å². The van der Waals surface area contributed by atoms with Crippen LogP contribution in [0.3, 0.4) is 0 Å². The highest BCUT2D eigenvalue weighted by molar-refractivity contribution is 5.95. The van der Waals surface area contributed by atoms with Gasteiger partial charge in [0.1, 0.15) is 5.78 Å². The van der Waals surface area contributed by atoms with Crippen molar-refractivity contribution in [2.45, 2.75) is 39.4 Å². The van der Waals surface area contributed by atoms with Crippen LogP contribution in [-0.2, 0) is 11.2 Å². The molecule has 2 rings (SSSR count). The maximum absolute atomic E-state index is 12.6. The summed E-state index contributed by atoms with van der Waals surface area (Å²) < 4.78 is 46.9. The van der Waals surface area contributed by atoms with Crippen molar-refractivity contribution >= 4 is 11.7 Å². The summed E-state index contributed by atoms with van der Waals surface area (Å²) in [5.41, 5.74) is 1.59. The molecule has 6 nitrogen and oxygen atoms in total. The molecule has 0 radical (unpaired) electrons. The normalized spacial score (nSPS) is 12.4. The van der Waals surface area contributed by atoms with E-state index in [0.717, 1.165) is 5.56 Å². The van der Waals surface area contributed by atoms with Crippen molar-refractivity contribution in [2.75, 3.05) is 13.7 Å². The lowest BCUT2D eigenvalue weighted by Crippen LogP contribution is -2.27. The summed E-state index contributed by atoms with van der Waals surface area (Å²) in [6.45, 7) is 3.96. The van der Waals surface area contributed by atoms with E-state index >= 15 is 0 Å². The first-order chi connectivity index (χ1) is 14.5. The number of ether oxygens (including phenoxy) is 2. The van der Waals surface area contributed by atoms with E-state index in [2.05, 4.69) is 10.3 Å². The number of benzene rings is 1. The van der Waals surface area contributed by atoms with E-state index in [1.165, 1.54) is 25.3 Å². The summed E-state index contributed by atoms with van der Waals surface area (Å²) in [7, 11) is 1.27. The van der Waals surface area contributed by atoms with Gasteiger partial charge in [0.15, 0.2) is 18.1 Å². The van der Waals surface area contributed by atoms with Crippen molar-refractivity contribution in [1.29, 1.82) is 0 Å². The number of rotatable bonds is 9. The Morgan fingerprint density at radius 2 is 1.81 bits per heavy atom. The van der Waals surface area contributed by atoms with Crippen LogP contribution in [0, 0.1) is 5.92 Å². The molecule has 1 N–H and O–H groups in total. The van der Waals surface area contributed by atoms with Gasteiger partial charge in [-0.1, -0.05) is 13.8 Å². The minimum absolute atomic E-state index is 0.0166. The molecule has 31 heavy (non-hydrogen) atoms. The Kier molecular flexibility index (Phi) is 8.01. The predicted molar refractivity (Wildman–Crippen MR) is 108 cm³/mol. The monoisotopic (exact) mass is 438 g/mol. The van der Waals surface area contributed by atoms with Crippen molar-refractivity contribution in [1.82, 2.24) is 10.3 Å². The number of aromatic nitrogens is 1. The van der Waals surface area contributed by atoms with Crippen LogP contribution in [0.4, 0.5) is 13.2 Å². The number of pyridine rings is 1. The maximum Gasteiger partial charge on any atom is 0.422 e. The van der Waals surface area contributed by atoms with Crippen LogP contribution < -0.4 is 14.8 Å². The van der Waals surface area contributed by atoms with Crippen LogP contribution in [-0.4, -0.2) is 36.6 Å². The molecule has 9 heteroatoms. The first kappa shape index (κ1) is 24.2. The van der Waals surface area contributed by atoms with Gasteiger partial charge in [-0.2, -0.15) is 13.2 Å². The number of hydrogen-bond donors (Lipinski definition) is 1. The molecule has 1 atom stereocenters. The number of carbonyl (C=O) groups excluding carboxylic acids is 2. The molecule has 1 aromatic carbocycles. The van der Waals surface area contributed by atoms with Gasteiger partial charge in [0.2, 0.25) is 0 Å². The van der Waals surface area contributed by atoms with Gasteiger partial charge >= 0.3 is 6.18 Å². The van der Waals surface area contributed by atoms with Gasteiger partial charge < -0.3 is 14.8 Å². The second-order valence-corrected chi connectivity index (χ2v) is 7.34. The predicted octanol–water partition coefficient (Wildman–Crippen LogP) is 4.29. The highest BCUT2D eigenvalue weighted by atomic mass is 19.4. The fourth-order valence-corrected chi connectivity index (χ4v) is 2.70. The summed E-state index contributed by atoms with van der Waals surface area (Å²) in [6, 6.07) is 7.04. The molecule has 0 saturated carbocycles. The number of Topliss-reactive ketones (excluding diaryl/α,β-unsaturated/α-hetero) is 1. The Bertz CT molecular complexity index is 929. The van der Waals surface area contributed by atoms with Crippen molar-refractivity contribution in [3.8, 4) is 11.5 Å². The number of ketones is 1. The largest absolute Gasteiger partial charge is 0.493 e. The van der Waals surface area contributed by atoms with Gasteiger partial charge in [-0.3, -0.25) is 14.6 Å². The standard InChI is InChI=1S/C22H25F3N2O4/c1-13(2)18(28)11-17-9-15(7-8-26-17)14(3)27-21(29)16-5-6-19(20(10-16)30-4)31-12-22(23,24)25/h5-10,13-14H,11-12H2,1-4H3,(H,27,29). The molecule has 168 valence electrons. The molecule has 0 fully saturated rings. The Morgan fingerprint density at radius 1 is 1.10 bits per heavy atom. The van der Waals surface area contributed by atoms with Gasteiger partial charge in [-0.05, 0) is 42.8 Å². The Morgan fingerprint density at radius 3 is 2.42 bits per heavy atom. The summed E-state index contributed by atoms with van der Waals surface area (Å²) >= 11 is 0. The van der Waals surface area contributed by atoms with Crippen LogP contribution in [0.2, 0.25) is 0 Å². The van der Waals surface area contributed by atoms with Crippen molar-refractivity contribution in [2.24, 2.45) is 5.92 Å². The van der Waals surface area contributed by atoms with E-state index < -0.39 is 24.7 Å². The average molecular weight is 438 g/mol. The fourth-order valence-electron chi connectivity index (χ4n) is 2.70. The molecule has 0 saturated heterocycles. The first-order valence-corrected chi connectivity index (χ1v) is 9.66. The van der Waals surface area contributed by atoms with Gasteiger partial charge in [-0.25, -0.2) is 0 Å². The zero-order chi connectivity index (χ0) is 23.2. The van der Waals surface area contributed by atoms with Gasteiger partial charge in [0.25, 0.3) is 5.91 Å². The van der Waals surface area contributed by atoms with Crippen LogP contribution in [0.15, 0.2) is 36.5 Å². The Hall–Kier alpha value is -3.10. The van der Waals surface area contributed by atoms with E-state index in [9.17, 15) is 22.8 Å². The first-order valence-electron chi connectivity index (χ1n) is 9.66. The van der Waals surface area contributed by atoms with Crippen LogP contribution in [0.1, 0.15) is 48.4 Å². The number of carbonyl (C=O) groups is 2. The summed E-state index contributed by atoms with van der Waals surface area (Å²) in [5.74, 6) is -0.562. The minimum atomic E-state index is -4.49. The molecule has 0 aliphatic heterocycles. The molecular formula is C22H25F3N2O4. The lowest BCUT2D eigenvalue weighted by molar-refractivity contribution is -0.153.